The first-order valence-electron chi connectivity index (χ1n) is 16.1. The number of aryl methyl sites for hydroxylation is 1. The molecular weight excluding hydrogens is 604 g/mol. The van der Waals surface area contributed by atoms with Gasteiger partial charge in [0.2, 0.25) is 5.78 Å². The van der Waals surface area contributed by atoms with Crippen molar-refractivity contribution in [1.82, 2.24) is 4.90 Å². The van der Waals surface area contributed by atoms with Gasteiger partial charge in [0.25, 0.3) is 22.7 Å². The van der Waals surface area contributed by atoms with Crippen molar-refractivity contribution in [2.45, 2.75) is 83.1 Å². The molecular formula is C37H41ClN2O6. The first-order valence-corrected chi connectivity index (χ1v) is 16.4. The molecule has 0 radical (unpaired) electrons. The smallest absolute Gasteiger partial charge is 0.338 e. The zero-order valence-electron chi connectivity index (χ0n) is 26.5. The van der Waals surface area contributed by atoms with Gasteiger partial charge in [-0.25, -0.2) is 9.69 Å². The fraction of sp³-hybridized carbons (Fsp3) is 0.378. The van der Waals surface area contributed by atoms with Crippen LogP contribution in [0, 0.1) is 6.92 Å². The van der Waals surface area contributed by atoms with Crippen molar-refractivity contribution in [3.63, 3.8) is 0 Å². The van der Waals surface area contributed by atoms with Gasteiger partial charge in [0.05, 0.1) is 23.3 Å². The third kappa shape index (κ3) is 7.91. The fourth-order valence-corrected chi connectivity index (χ4v) is 5.86. The molecule has 9 heteroatoms. The zero-order valence-corrected chi connectivity index (χ0v) is 27.2. The van der Waals surface area contributed by atoms with Crippen molar-refractivity contribution < 1.29 is 28.7 Å². The van der Waals surface area contributed by atoms with Crippen LogP contribution < -0.4 is 5.32 Å². The number of hydrogen-bond acceptors (Lipinski definition) is 6. The second kappa shape index (κ2) is 16.3. The molecule has 0 saturated carbocycles. The summed E-state index contributed by atoms with van der Waals surface area (Å²) < 4.78 is 5.45. The highest BCUT2D eigenvalue weighted by Gasteiger charge is 2.58. The number of amides is 3. The van der Waals surface area contributed by atoms with Gasteiger partial charge in [-0.3, -0.25) is 19.2 Å². The maximum atomic E-state index is 14.0. The van der Waals surface area contributed by atoms with E-state index in [1.807, 2.05) is 0 Å². The molecule has 0 aromatic heterocycles. The number of rotatable bonds is 17. The minimum Gasteiger partial charge on any atom is -0.462 e. The van der Waals surface area contributed by atoms with Gasteiger partial charge in [-0.05, 0) is 49.2 Å². The van der Waals surface area contributed by atoms with E-state index >= 15 is 0 Å². The Labute approximate surface area is 275 Å². The van der Waals surface area contributed by atoms with Gasteiger partial charge in [0.1, 0.15) is 0 Å². The van der Waals surface area contributed by atoms with E-state index in [9.17, 15) is 24.0 Å². The van der Waals surface area contributed by atoms with E-state index in [4.69, 9.17) is 16.3 Å². The molecule has 0 bridgehead atoms. The summed E-state index contributed by atoms with van der Waals surface area (Å²) in [4.78, 5) is 65.3. The summed E-state index contributed by atoms with van der Waals surface area (Å²) in [7, 11) is 0. The summed E-state index contributed by atoms with van der Waals surface area (Å²) in [6.07, 6.45) is 11.7. The Bertz CT molecular complexity index is 1550. The molecule has 0 fully saturated rings. The maximum Gasteiger partial charge on any atom is 0.338 e. The molecule has 3 aromatic carbocycles. The van der Waals surface area contributed by atoms with E-state index in [-0.39, 0.29) is 34.5 Å². The highest BCUT2D eigenvalue weighted by molar-refractivity contribution is 6.52. The summed E-state index contributed by atoms with van der Waals surface area (Å²) >= 11 is 6.87. The van der Waals surface area contributed by atoms with Crippen molar-refractivity contribution in [3.05, 3.63) is 101 Å². The van der Waals surface area contributed by atoms with Crippen LogP contribution in [0.1, 0.15) is 118 Å². The number of Topliss-reactive ketones (excluding diaryl/α,β-unsaturated/α-hetero) is 1. The monoisotopic (exact) mass is 644 g/mol. The van der Waals surface area contributed by atoms with E-state index in [0.717, 1.165) is 19.3 Å². The Hall–Kier alpha value is -4.30. The van der Waals surface area contributed by atoms with Crippen LogP contribution in [0.4, 0.5) is 5.69 Å². The zero-order chi connectivity index (χ0) is 33.1. The first kappa shape index (κ1) is 34.6. The maximum absolute atomic E-state index is 14.0. The van der Waals surface area contributed by atoms with Crippen LogP contribution in [0.25, 0.3) is 0 Å². The van der Waals surface area contributed by atoms with Gasteiger partial charge < -0.3 is 10.1 Å². The van der Waals surface area contributed by atoms with Crippen molar-refractivity contribution in [2.24, 2.45) is 0 Å². The lowest BCUT2D eigenvalue weighted by Gasteiger charge is -2.32. The Morgan fingerprint density at radius 3 is 1.93 bits per heavy atom. The van der Waals surface area contributed by atoms with E-state index in [0.29, 0.717) is 10.5 Å². The van der Waals surface area contributed by atoms with E-state index in [2.05, 4.69) is 12.2 Å². The highest BCUT2D eigenvalue weighted by atomic mass is 35.5. The molecule has 3 amide bonds. The number of benzene rings is 3. The van der Waals surface area contributed by atoms with Crippen molar-refractivity contribution in [2.75, 3.05) is 11.9 Å². The topological polar surface area (TPSA) is 110 Å². The molecule has 1 atom stereocenters. The molecule has 1 aliphatic heterocycles. The number of halogens is 1. The average Bonchev–Trinajstić information content (AvgIpc) is 3.32. The standard InChI is InChI=1S/C37H41ClN2O6/c1-3-4-5-6-7-8-9-10-11-16-24-46-35(44)27-19-17-20-28(25-27)39-36(45)37(38,32(41)29-21-13-12-18-26(29)2)40-33(42)30-22-14-15-23-31(30)34(40)43/h12-15,17-23,25H,3-11,16,24H2,1-2H3,(H,39,45). The van der Waals surface area contributed by atoms with Crippen LogP contribution in [-0.4, -0.2) is 46.0 Å². The summed E-state index contributed by atoms with van der Waals surface area (Å²) in [5, 5.41) is 2.56. The number of carbonyl (C=O) groups is 5. The second-order valence-corrected chi connectivity index (χ2v) is 12.2. The number of esters is 1. The third-order valence-electron chi connectivity index (χ3n) is 8.18. The predicted molar refractivity (Wildman–Crippen MR) is 178 cm³/mol. The van der Waals surface area contributed by atoms with Crippen LogP contribution >= 0.6 is 11.6 Å². The minimum atomic E-state index is -2.76. The minimum absolute atomic E-state index is 0.0371. The first-order chi connectivity index (χ1) is 22.2. The van der Waals surface area contributed by atoms with E-state index in [1.54, 1.807) is 49.4 Å². The van der Waals surface area contributed by atoms with Crippen molar-refractivity contribution in [1.29, 1.82) is 0 Å². The molecule has 46 heavy (non-hydrogen) atoms. The van der Waals surface area contributed by atoms with Crippen LogP contribution in [0.2, 0.25) is 0 Å². The summed E-state index contributed by atoms with van der Waals surface area (Å²) in [6.45, 7) is 4.16. The van der Waals surface area contributed by atoms with Gasteiger partial charge in [-0.1, -0.05) is 119 Å². The summed E-state index contributed by atoms with van der Waals surface area (Å²) in [5.74, 6) is -4.34. The number of ketones is 1. The number of anilines is 1. The third-order valence-corrected chi connectivity index (χ3v) is 8.69. The molecule has 1 aliphatic rings. The summed E-state index contributed by atoms with van der Waals surface area (Å²) in [5.41, 5.74) is 0.987. The SMILES string of the molecule is CCCCCCCCCCCCOC(=O)c1cccc(NC(=O)C(Cl)(C(=O)c2ccccc2C)N2C(=O)c3ccccc3C2=O)c1. The number of unbranched alkanes of at least 4 members (excludes halogenated alkanes) is 9. The molecule has 0 saturated heterocycles. The highest BCUT2D eigenvalue weighted by Crippen LogP contribution is 2.36. The van der Waals surface area contributed by atoms with Crippen LogP contribution in [0.5, 0.6) is 0 Å². The molecule has 8 nitrogen and oxygen atoms in total. The molecule has 1 N–H and O–H groups in total. The number of hydrogen-bond donors (Lipinski definition) is 1. The molecule has 0 spiro atoms. The van der Waals surface area contributed by atoms with Crippen molar-refractivity contribution >= 4 is 46.8 Å². The number of nitrogens with one attached hydrogen (secondary N) is 1. The average molecular weight is 645 g/mol. The molecule has 1 unspecified atom stereocenters. The van der Waals surface area contributed by atoms with Gasteiger partial charge in [0.15, 0.2) is 0 Å². The molecule has 3 aromatic rings. The van der Waals surface area contributed by atoms with Crippen LogP contribution in [0.3, 0.4) is 0 Å². The molecule has 4 rings (SSSR count). The van der Waals surface area contributed by atoms with Gasteiger partial charge in [-0.2, -0.15) is 0 Å². The lowest BCUT2D eigenvalue weighted by molar-refractivity contribution is -0.120. The van der Waals surface area contributed by atoms with Crippen LogP contribution in [0.15, 0.2) is 72.8 Å². The number of nitrogens with zero attached hydrogens (tertiary/aromatic N) is 1. The number of ether oxygens (including phenoxy) is 1. The lowest BCUT2D eigenvalue weighted by Crippen LogP contribution is -2.60. The number of carbonyl (C=O) groups excluding carboxylic acids is 5. The number of fused-ring (bicyclic) bond motifs is 1. The van der Waals surface area contributed by atoms with E-state index < -0.39 is 34.5 Å². The Morgan fingerprint density at radius 2 is 1.33 bits per heavy atom. The lowest BCUT2D eigenvalue weighted by atomic mass is 9.97. The van der Waals surface area contributed by atoms with Gasteiger partial charge in [0, 0.05) is 11.3 Å². The molecule has 242 valence electrons. The normalized spacial score (nSPS) is 13.7. The fourth-order valence-electron chi connectivity index (χ4n) is 5.56. The van der Waals surface area contributed by atoms with Crippen molar-refractivity contribution in [3.8, 4) is 0 Å². The Balaban J connectivity index is 1.43. The number of alkyl halides is 1. The van der Waals surface area contributed by atoms with Crippen LogP contribution in [-0.2, 0) is 9.53 Å². The van der Waals surface area contributed by atoms with Gasteiger partial charge in [-0.15, -0.1) is 0 Å². The van der Waals surface area contributed by atoms with Gasteiger partial charge >= 0.3 is 5.97 Å². The summed E-state index contributed by atoms with van der Waals surface area (Å²) in [6, 6.07) is 18.5. The predicted octanol–water partition coefficient (Wildman–Crippen LogP) is 8.13. The largest absolute Gasteiger partial charge is 0.462 e. The quantitative estimate of drug-likeness (QED) is 0.0302. The van der Waals surface area contributed by atoms with E-state index in [1.165, 1.54) is 75.3 Å². The second-order valence-electron chi connectivity index (χ2n) is 11.6. The Morgan fingerprint density at radius 1 is 0.761 bits per heavy atom. The molecule has 0 aliphatic carbocycles. The Kier molecular flexibility index (Phi) is 12.3. The molecule has 1 heterocycles. The number of imide groups is 1.